The monoisotopic (exact) mass is 198 g/mol. The molecule has 0 aliphatic rings. The third-order valence-corrected chi connectivity index (χ3v) is 3.11. The van der Waals surface area contributed by atoms with Gasteiger partial charge in [-0.3, -0.25) is 11.3 Å². The predicted octanol–water partition coefficient (Wildman–Crippen LogP) is 2.69. The zero-order chi connectivity index (χ0) is 9.68. The Morgan fingerprint density at radius 3 is 2.69 bits per heavy atom. The summed E-state index contributed by atoms with van der Waals surface area (Å²) in [6.07, 6.45) is 2.33. The van der Waals surface area contributed by atoms with E-state index in [4.69, 9.17) is 5.84 Å². The summed E-state index contributed by atoms with van der Waals surface area (Å²) in [5, 5.41) is 2.09. The van der Waals surface area contributed by atoms with E-state index in [1.165, 1.54) is 11.3 Å². The van der Waals surface area contributed by atoms with E-state index >= 15 is 0 Å². The van der Waals surface area contributed by atoms with Crippen molar-refractivity contribution in [2.75, 3.05) is 0 Å². The summed E-state index contributed by atoms with van der Waals surface area (Å²) in [6, 6.07) is 4.54. The molecule has 3 heteroatoms. The normalized spacial score (nSPS) is 13.5. The van der Waals surface area contributed by atoms with Crippen LogP contribution in [-0.2, 0) is 0 Å². The van der Waals surface area contributed by atoms with Gasteiger partial charge in [0.15, 0.2) is 0 Å². The minimum absolute atomic E-state index is 0.336. The van der Waals surface area contributed by atoms with Gasteiger partial charge in [0.2, 0.25) is 0 Å². The molecular weight excluding hydrogens is 180 g/mol. The maximum atomic E-state index is 5.51. The summed E-state index contributed by atoms with van der Waals surface area (Å²) in [5.74, 6) is 6.25. The second-order valence-corrected chi connectivity index (χ2v) is 4.69. The molecule has 1 rings (SSSR count). The molecule has 1 unspecified atom stereocenters. The van der Waals surface area contributed by atoms with Crippen LogP contribution in [0.4, 0.5) is 0 Å². The highest BCUT2D eigenvalue weighted by Crippen LogP contribution is 2.23. The lowest BCUT2D eigenvalue weighted by atomic mass is 10.0. The van der Waals surface area contributed by atoms with Crippen LogP contribution in [0.5, 0.6) is 0 Å². The number of rotatable bonds is 5. The van der Waals surface area contributed by atoms with E-state index in [1.807, 2.05) is 0 Å². The Morgan fingerprint density at radius 1 is 1.46 bits per heavy atom. The van der Waals surface area contributed by atoms with Crippen LogP contribution in [-0.4, -0.2) is 0 Å². The Hall–Kier alpha value is -0.380. The summed E-state index contributed by atoms with van der Waals surface area (Å²) in [4.78, 5) is 1.34. The van der Waals surface area contributed by atoms with Crippen LogP contribution in [0.15, 0.2) is 17.5 Å². The van der Waals surface area contributed by atoms with Crippen LogP contribution in [0.3, 0.4) is 0 Å². The molecule has 74 valence electrons. The first-order valence-corrected chi connectivity index (χ1v) is 5.61. The zero-order valence-corrected chi connectivity index (χ0v) is 9.10. The molecule has 1 aromatic rings. The SMILES string of the molecule is CC(C)CCC(NN)c1cccs1. The first-order chi connectivity index (χ1) is 6.24. The van der Waals surface area contributed by atoms with E-state index in [-0.39, 0.29) is 0 Å². The van der Waals surface area contributed by atoms with Crippen LogP contribution in [0.25, 0.3) is 0 Å². The topological polar surface area (TPSA) is 38.0 Å². The summed E-state index contributed by atoms with van der Waals surface area (Å²) in [6.45, 7) is 4.48. The summed E-state index contributed by atoms with van der Waals surface area (Å²) >= 11 is 1.76. The molecule has 0 amide bonds. The lowest BCUT2D eigenvalue weighted by Gasteiger charge is -2.15. The molecule has 1 aromatic heterocycles. The number of thiophene rings is 1. The average molecular weight is 198 g/mol. The number of hydrazine groups is 1. The first kappa shape index (κ1) is 10.7. The van der Waals surface area contributed by atoms with Gasteiger partial charge in [-0.2, -0.15) is 0 Å². The maximum Gasteiger partial charge on any atom is 0.0553 e. The molecule has 0 aliphatic carbocycles. The zero-order valence-electron chi connectivity index (χ0n) is 8.29. The van der Waals surface area contributed by atoms with Crippen LogP contribution in [0.2, 0.25) is 0 Å². The quantitative estimate of drug-likeness (QED) is 0.564. The van der Waals surface area contributed by atoms with Crippen molar-refractivity contribution in [2.24, 2.45) is 11.8 Å². The Balaban J connectivity index is 2.44. The average Bonchev–Trinajstić information content (AvgIpc) is 2.58. The molecule has 0 saturated heterocycles. The Labute approximate surface area is 84.1 Å². The highest BCUT2D eigenvalue weighted by atomic mass is 32.1. The fourth-order valence-corrected chi connectivity index (χ4v) is 2.12. The van der Waals surface area contributed by atoms with Crippen molar-refractivity contribution in [1.82, 2.24) is 5.43 Å². The van der Waals surface area contributed by atoms with Crippen LogP contribution in [0, 0.1) is 5.92 Å². The molecular formula is C10H18N2S. The fraction of sp³-hybridized carbons (Fsp3) is 0.600. The summed E-state index contributed by atoms with van der Waals surface area (Å²) < 4.78 is 0. The second kappa shape index (κ2) is 5.37. The van der Waals surface area contributed by atoms with Crippen LogP contribution < -0.4 is 11.3 Å². The standard InChI is InChI=1S/C10H18N2S/c1-8(2)5-6-9(12-11)10-4-3-7-13-10/h3-4,7-9,12H,5-6,11H2,1-2H3. The minimum atomic E-state index is 0.336. The smallest absolute Gasteiger partial charge is 0.0553 e. The van der Waals surface area contributed by atoms with E-state index in [0.717, 1.165) is 12.3 Å². The van der Waals surface area contributed by atoms with Gasteiger partial charge in [-0.25, -0.2) is 0 Å². The van der Waals surface area contributed by atoms with Gasteiger partial charge in [-0.15, -0.1) is 11.3 Å². The van der Waals surface area contributed by atoms with Gasteiger partial charge in [0.1, 0.15) is 0 Å². The molecule has 0 radical (unpaired) electrons. The van der Waals surface area contributed by atoms with Gasteiger partial charge in [-0.05, 0) is 30.2 Å². The molecule has 3 N–H and O–H groups in total. The van der Waals surface area contributed by atoms with Gasteiger partial charge in [-0.1, -0.05) is 19.9 Å². The third kappa shape index (κ3) is 3.46. The molecule has 0 spiro atoms. The van der Waals surface area contributed by atoms with Crippen molar-refractivity contribution >= 4 is 11.3 Å². The van der Waals surface area contributed by atoms with Gasteiger partial charge in [0.25, 0.3) is 0 Å². The Morgan fingerprint density at radius 2 is 2.23 bits per heavy atom. The molecule has 0 aromatic carbocycles. The molecule has 2 nitrogen and oxygen atoms in total. The predicted molar refractivity (Wildman–Crippen MR) is 58.5 cm³/mol. The van der Waals surface area contributed by atoms with Crippen molar-refractivity contribution in [3.05, 3.63) is 22.4 Å². The van der Waals surface area contributed by atoms with E-state index in [0.29, 0.717) is 6.04 Å². The van der Waals surface area contributed by atoms with Crippen molar-refractivity contribution < 1.29 is 0 Å². The molecule has 13 heavy (non-hydrogen) atoms. The lowest BCUT2D eigenvalue weighted by Crippen LogP contribution is -2.27. The number of nitrogens with one attached hydrogen (secondary N) is 1. The number of hydrogen-bond acceptors (Lipinski definition) is 3. The van der Waals surface area contributed by atoms with Gasteiger partial charge < -0.3 is 0 Å². The highest BCUT2D eigenvalue weighted by Gasteiger charge is 2.10. The first-order valence-electron chi connectivity index (χ1n) is 4.73. The van der Waals surface area contributed by atoms with Gasteiger partial charge in [0, 0.05) is 4.88 Å². The number of hydrogen-bond donors (Lipinski definition) is 2. The Bertz CT molecular complexity index is 219. The van der Waals surface area contributed by atoms with Gasteiger partial charge in [0.05, 0.1) is 6.04 Å². The van der Waals surface area contributed by atoms with Gasteiger partial charge >= 0.3 is 0 Å². The van der Waals surface area contributed by atoms with Crippen molar-refractivity contribution in [3.8, 4) is 0 Å². The minimum Gasteiger partial charge on any atom is -0.271 e. The molecule has 0 aliphatic heterocycles. The largest absolute Gasteiger partial charge is 0.271 e. The lowest BCUT2D eigenvalue weighted by molar-refractivity contribution is 0.453. The Kier molecular flexibility index (Phi) is 4.42. The van der Waals surface area contributed by atoms with Crippen molar-refractivity contribution in [1.29, 1.82) is 0 Å². The molecule has 1 heterocycles. The molecule has 0 fully saturated rings. The van der Waals surface area contributed by atoms with Crippen molar-refractivity contribution in [2.45, 2.75) is 32.7 Å². The summed E-state index contributed by atoms with van der Waals surface area (Å²) in [7, 11) is 0. The van der Waals surface area contributed by atoms with Crippen LogP contribution in [0.1, 0.15) is 37.6 Å². The summed E-state index contributed by atoms with van der Waals surface area (Å²) in [5.41, 5.74) is 2.87. The molecule has 0 bridgehead atoms. The van der Waals surface area contributed by atoms with E-state index in [9.17, 15) is 0 Å². The van der Waals surface area contributed by atoms with E-state index in [1.54, 1.807) is 11.3 Å². The van der Waals surface area contributed by atoms with E-state index in [2.05, 4.69) is 36.8 Å². The van der Waals surface area contributed by atoms with Crippen LogP contribution >= 0.6 is 11.3 Å². The van der Waals surface area contributed by atoms with Crippen molar-refractivity contribution in [3.63, 3.8) is 0 Å². The molecule has 0 saturated carbocycles. The highest BCUT2D eigenvalue weighted by molar-refractivity contribution is 7.10. The number of nitrogens with two attached hydrogens (primary N) is 1. The maximum absolute atomic E-state index is 5.51. The fourth-order valence-electron chi connectivity index (χ4n) is 1.30. The molecule has 1 atom stereocenters. The third-order valence-electron chi connectivity index (χ3n) is 2.12. The van der Waals surface area contributed by atoms with E-state index < -0.39 is 0 Å². The second-order valence-electron chi connectivity index (χ2n) is 3.71.